The van der Waals surface area contributed by atoms with E-state index in [0.717, 1.165) is 12.1 Å². The van der Waals surface area contributed by atoms with Crippen molar-refractivity contribution in [1.82, 2.24) is 5.32 Å². The van der Waals surface area contributed by atoms with Gasteiger partial charge in [0, 0.05) is 12.6 Å². The van der Waals surface area contributed by atoms with Crippen LogP contribution in [0.2, 0.25) is 0 Å². The Balaban J connectivity index is 1.96. The Bertz CT molecular complexity index is 576. The normalized spacial score (nSPS) is 20.2. The molecule has 1 unspecified atom stereocenters. The van der Waals surface area contributed by atoms with Gasteiger partial charge in [0.05, 0.1) is 23.2 Å². The summed E-state index contributed by atoms with van der Waals surface area (Å²) in [6, 6.07) is 2.88. The fourth-order valence-corrected chi connectivity index (χ4v) is 1.97. The van der Waals surface area contributed by atoms with Crippen LogP contribution >= 0.6 is 0 Å². The first-order valence-electron chi connectivity index (χ1n) is 6.32. The molecule has 1 aliphatic rings. The van der Waals surface area contributed by atoms with Crippen LogP contribution in [-0.4, -0.2) is 35.9 Å². The molecule has 8 heteroatoms. The van der Waals surface area contributed by atoms with Crippen LogP contribution in [0.5, 0.6) is 0 Å². The fourth-order valence-electron chi connectivity index (χ4n) is 1.97. The number of amides is 1. The highest BCUT2D eigenvalue weighted by atomic mass is 19.1. The van der Waals surface area contributed by atoms with Crippen LogP contribution < -0.4 is 5.32 Å². The maximum Gasteiger partial charge on any atom is 0.272 e. The molecule has 1 N–H and O–H groups in total. The number of ether oxygens (including phenoxy) is 2. The van der Waals surface area contributed by atoms with E-state index in [1.165, 1.54) is 0 Å². The smallest absolute Gasteiger partial charge is 0.272 e. The minimum absolute atomic E-state index is 0.165. The lowest BCUT2D eigenvalue weighted by Crippen LogP contribution is -2.34. The van der Waals surface area contributed by atoms with Gasteiger partial charge in [-0.1, -0.05) is 0 Å². The lowest BCUT2D eigenvalue weighted by Gasteiger charge is -2.17. The number of nitrogens with one attached hydrogen (secondary N) is 1. The molecule has 0 aromatic heterocycles. The van der Waals surface area contributed by atoms with Gasteiger partial charge >= 0.3 is 0 Å². The zero-order valence-corrected chi connectivity index (χ0v) is 11.6. The second-order valence-electron chi connectivity index (χ2n) is 5.08. The van der Waals surface area contributed by atoms with Crippen LogP contribution in [0.4, 0.5) is 10.1 Å². The Morgan fingerprint density at radius 2 is 2.29 bits per heavy atom. The quantitative estimate of drug-likeness (QED) is 0.673. The van der Waals surface area contributed by atoms with Crippen LogP contribution in [-0.2, 0) is 9.47 Å². The van der Waals surface area contributed by atoms with Crippen LogP contribution in [0.25, 0.3) is 0 Å². The molecule has 0 aliphatic carbocycles. The molecule has 1 saturated heterocycles. The van der Waals surface area contributed by atoms with Crippen LogP contribution in [0, 0.1) is 15.9 Å². The van der Waals surface area contributed by atoms with Gasteiger partial charge in [0.25, 0.3) is 11.6 Å². The average Bonchev–Trinajstić information content (AvgIpc) is 2.75. The molecule has 0 spiro atoms. The summed E-state index contributed by atoms with van der Waals surface area (Å²) < 4.78 is 24.5. The van der Waals surface area contributed by atoms with Gasteiger partial charge in [-0.3, -0.25) is 14.9 Å². The SMILES string of the molecule is CC1(C)OCC(CNC(=O)c2ccc([N+](=O)[O-])cc2F)O1. The van der Waals surface area contributed by atoms with Gasteiger partial charge in [-0.15, -0.1) is 0 Å². The number of benzene rings is 1. The number of non-ortho nitro benzene ring substituents is 1. The molecule has 114 valence electrons. The predicted octanol–water partition coefficient (Wildman–Crippen LogP) is 1.62. The first-order chi connectivity index (χ1) is 9.78. The Morgan fingerprint density at radius 3 is 2.81 bits per heavy atom. The van der Waals surface area contributed by atoms with E-state index in [9.17, 15) is 19.3 Å². The number of rotatable bonds is 4. The van der Waals surface area contributed by atoms with Crippen molar-refractivity contribution in [2.75, 3.05) is 13.2 Å². The molecule has 1 aromatic rings. The third-order valence-electron chi connectivity index (χ3n) is 2.97. The van der Waals surface area contributed by atoms with E-state index in [4.69, 9.17) is 9.47 Å². The minimum atomic E-state index is -0.939. The Morgan fingerprint density at radius 1 is 1.57 bits per heavy atom. The van der Waals surface area contributed by atoms with Gasteiger partial charge in [0.15, 0.2) is 5.79 Å². The molecule has 1 aromatic carbocycles. The number of hydrogen-bond donors (Lipinski definition) is 1. The number of halogens is 1. The summed E-state index contributed by atoms with van der Waals surface area (Å²) in [5, 5.41) is 13.0. The number of nitro benzene ring substituents is 1. The fraction of sp³-hybridized carbons (Fsp3) is 0.462. The minimum Gasteiger partial charge on any atom is -0.349 e. The largest absolute Gasteiger partial charge is 0.349 e. The Hall–Kier alpha value is -2.06. The van der Waals surface area contributed by atoms with Gasteiger partial charge in [-0.25, -0.2) is 4.39 Å². The third kappa shape index (κ3) is 3.73. The van der Waals surface area contributed by atoms with E-state index in [1.807, 2.05) is 0 Å². The van der Waals surface area contributed by atoms with Crippen molar-refractivity contribution in [3.8, 4) is 0 Å². The lowest BCUT2D eigenvalue weighted by atomic mass is 10.1. The molecule has 1 fully saturated rings. The number of nitrogens with zero attached hydrogens (tertiary/aromatic N) is 1. The van der Waals surface area contributed by atoms with Crippen LogP contribution in [0.3, 0.4) is 0 Å². The molecule has 1 heterocycles. The molecule has 0 bridgehead atoms. The first kappa shape index (κ1) is 15.3. The van der Waals surface area contributed by atoms with E-state index in [1.54, 1.807) is 13.8 Å². The lowest BCUT2D eigenvalue weighted by molar-refractivity contribution is -0.385. The van der Waals surface area contributed by atoms with Crippen molar-refractivity contribution in [3.63, 3.8) is 0 Å². The van der Waals surface area contributed by atoms with E-state index >= 15 is 0 Å². The highest BCUT2D eigenvalue weighted by molar-refractivity contribution is 5.94. The molecule has 7 nitrogen and oxygen atoms in total. The molecule has 1 aliphatic heterocycles. The maximum atomic E-state index is 13.7. The second-order valence-corrected chi connectivity index (χ2v) is 5.08. The summed E-state index contributed by atoms with van der Waals surface area (Å²) in [5.41, 5.74) is -0.655. The summed E-state index contributed by atoms with van der Waals surface area (Å²) >= 11 is 0. The van der Waals surface area contributed by atoms with E-state index < -0.39 is 28.1 Å². The van der Waals surface area contributed by atoms with Gasteiger partial charge in [-0.05, 0) is 19.9 Å². The number of nitro groups is 1. The Labute approximate surface area is 120 Å². The van der Waals surface area contributed by atoms with E-state index in [0.29, 0.717) is 12.7 Å². The van der Waals surface area contributed by atoms with Crippen LogP contribution in [0.1, 0.15) is 24.2 Å². The van der Waals surface area contributed by atoms with Crippen molar-refractivity contribution in [1.29, 1.82) is 0 Å². The number of hydrogen-bond acceptors (Lipinski definition) is 5. The zero-order chi connectivity index (χ0) is 15.6. The molecule has 0 radical (unpaired) electrons. The summed E-state index contributed by atoms with van der Waals surface area (Å²) in [4.78, 5) is 21.6. The highest BCUT2D eigenvalue weighted by Gasteiger charge is 2.32. The van der Waals surface area contributed by atoms with Gasteiger partial charge in [0.2, 0.25) is 0 Å². The van der Waals surface area contributed by atoms with E-state index in [2.05, 4.69) is 5.32 Å². The third-order valence-corrected chi connectivity index (χ3v) is 2.97. The summed E-state index contributed by atoms with van der Waals surface area (Å²) in [6.07, 6.45) is -0.315. The summed E-state index contributed by atoms with van der Waals surface area (Å²) in [7, 11) is 0. The number of carbonyl (C=O) groups is 1. The van der Waals surface area contributed by atoms with Crippen molar-refractivity contribution in [3.05, 3.63) is 39.7 Å². The van der Waals surface area contributed by atoms with Gasteiger partial charge < -0.3 is 14.8 Å². The van der Waals surface area contributed by atoms with E-state index in [-0.39, 0.29) is 18.2 Å². The monoisotopic (exact) mass is 298 g/mol. The second kappa shape index (κ2) is 5.74. The van der Waals surface area contributed by atoms with Crippen molar-refractivity contribution >= 4 is 11.6 Å². The number of carbonyl (C=O) groups excluding carboxylic acids is 1. The molecule has 0 saturated carbocycles. The van der Waals surface area contributed by atoms with Gasteiger partial charge in [0.1, 0.15) is 11.9 Å². The summed E-state index contributed by atoms with van der Waals surface area (Å²) in [6.45, 7) is 4.00. The van der Waals surface area contributed by atoms with Crippen molar-refractivity contribution in [2.24, 2.45) is 0 Å². The van der Waals surface area contributed by atoms with Crippen molar-refractivity contribution < 1.29 is 23.6 Å². The molecule has 21 heavy (non-hydrogen) atoms. The summed E-state index contributed by atoms with van der Waals surface area (Å²) in [5.74, 6) is -2.30. The Kier molecular flexibility index (Phi) is 4.19. The predicted molar refractivity (Wildman–Crippen MR) is 70.3 cm³/mol. The molecule has 1 amide bonds. The molecular formula is C13H15FN2O5. The molecule has 2 rings (SSSR count). The van der Waals surface area contributed by atoms with Gasteiger partial charge in [-0.2, -0.15) is 0 Å². The topological polar surface area (TPSA) is 90.7 Å². The molecular weight excluding hydrogens is 283 g/mol. The van der Waals surface area contributed by atoms with Crippen LogP contribution in [0.15, 0.2) is 18.2 Å². The first-order valence-corrected chi connectivity index (χ1v) is 6.32. The zero-order valence-electron chi connectivity index (χ0n) is 11.6. The molecule has 1 atom stereocenters. The standard InChI is InChI=1S/C13H15FN2O5/c1-13(2)20-7-9(21-13)6-15-12(17)10-4-3-8(16(18)19)5-11(10)14/h3-5,9H,6-7H2,1-2H3,(H,15,17). The highest BCUT2D eigenvalue weighted by Crippen LogP contribution is 2.22. The van der Waals surface area contributed by atoms with Crippen molar-refractivity contribution in [2.45, 2.75) is 25.7 Å². The average molecular weight is 298 g/mol. The maximum absolute atomic E-state index is 13.7.